The van der Waals surface area contributed by atoms with Crippen LogP contribution in [0.15, 0.2) is 18.2 Å². The molecule has 1 atom stereocenters. The van der Waals surface area contributed by atoms with Crippen LogP contribution in [0.5, 0.6) is 0 Å². The standard InChI is InChI=1S/C27H32/c1-7-10-20-13-14-22-16(3)26-19(6)27-21(8-2)11-9-12-23(27)17(4)25(26)18(5)24(22)15-20/h9,11-12,20H,4,6-8,10,13-15H2,1-3,5H3. The maximum Gasteiger partial charge on any atom is -0.00701 e. The van der Waals surface area contributed by atoms with Gasteiger partial charge in [0.2, 0.25) is 0 Å². The Kier molecular flexibility index (Phi) is 4.62. The van der Waals surface area contributed by atoms with Crippen LogP contribution in [-0.2, 0) is 19.3 Å². The van der Waals surface area contributed by atoms with Crippen LogP contribution in [-0.4, -0.2) is 0 Å². The molecule has 1 unspecified atom stereocenters. The molecule has 1 aliphatic carbocycles. The van der Waals surface area contributed by atoms with Crippen molar-refractivity contribution in [2.75, 3.05) is 0 Å². The maximum absolute atomic E-state index is 4.59. The molecule has 0 amide bonds. The molecular weight excluding hydrogens is 324 g/mol. The van der Waals surface area contributed by atoms with Crippen LogP contribution >= 0.6 is 0 Å². The molecule has 0 aromatic heterocycles. The summed E-state index contributed by atoms with van der Waals surface area (Å²) in [5, 5.41) is 7.77. The second-order valence-electron chi connectivity index (χ2n) is 8.50. The Labute approximate surface area is 163 Å². The molecule has 27 heavy (non-hydrogen) atoms. The van der Waals surface area contributed by atoms with Gasteiger partial charge in [-0.05, 0) is 105 Å². The van der Waals surface area contributed by atoms with Crippen molar-refractivity contribution in [3.05, 3.63) is 56.5 Å². The second-order valence-corrected chi connectivity index (χ2v) is 8.50. The van der Waals surface area contributed by atoms with E-state index in [1.807, 2.05) is 0 Å². The molecule has 3 aromatic carbocycles. The Morgan fingerprint density at radius 1 is 0.926 bits per heavy atom. The highest BCUT2D eigenvalue weighted by molar-refractivity contribution is 6.04. The summed E-state index contributed by atoms with van der Waals surface area (Å²) in [6.07, 6.45) is 7.48. The first kappa shape index (κ1) is 18.3. The third-order valence-electron chi connectivity index (χ3n) is 7.02. The number of aryl methyl sites for hydroxylation is 3. The smallest absolute Gasteiger partial charge is 0.00701 e. The van der Waals surface area contributed by atoms with Crippen molar-refractivity contribution in [1.82, 2.24) is 0 Å². The van der Waals surface area contributed by atoms with Gasteiger partial charge in [0.05, 0.1) is 0 Å². The van der Waals surface area contributed by atoms with Gasteiger partial charge >= 0.3 is 0 Å². The molecule has 0 bridgehead atoms. The molecule has 1 aliphatic rings. The van der Waals surface area contributed by atoms with Gasteiger partial charge in [0.1, 0.15) is 0 Å². The lowest BCUT2D eigenvalue weighted by Crippen LogP contribution is -2.22. The molecule has 3 aromatic rings. The molecule has 0 N–H and O–H groups in total. The minimum Gasteiger partial charge on any atom is -0.0905 e. The normalized spacial score (nSPS) is 16.8. The van der Waals surface area contributed by atoms with E-state index >= 15 is 0 Å². The molecule has 0 heterocycles. The number of hydrogen-bond donors (Lipinski definition) is 0. The van der Waals surface area contributed by atoms with E-state index in [4.69, 9.17) is 0 Å². The first-order valence-electron chi connectivity index (χ1n) is 10.7. The fourth-order valence-corrected chi connectivity index (χ4v) is 5.65. The maximum atomic E-state index is 4.59. The van der Waals surface area contributed by atoms with Crippen LogP contribution < -0.4 is 10.4 Å². The molecule has 4 rings (SSSR count). The summed E-state index contributed by atoms with van der Waals surface area (Å²) in [6.45, 7) is 18.4. The molecule has 0 fully saturated rings. The average Bonchev–Trinajstić information content (AvgIpc) is 2.68. The molecule has 0 heteroatoms. The average molecular weight is 357 g/mol. The molecular formula is C27H32. The zero-order valence-electron chi connectivity index (χ0n) is 17.5. The fraction of sp³-hybridized carbons (Fsp3) is 0.407. The molecule has 0 saturated carbocycles. The van der Waals surface area contributed by atoms with Crippen LogP contribution in [0.1, 0.15) is 60.9 Å². The summed E-state index contributed by atoms with van der Waals surface area (Å²) in [5.41, 5.74) is 7.53. The Morgan fingerprint density at radius 3 is 2.33 bits per heavy atom. The van der Waals surface area contributed by atoms with Gasteiger partial charge in [-0.15, -0.1) is 0 Å². The third-order valence-corrected chi connectivity index (χ3v) is 7.02. The van der Waals surface area contributed by atoms with Gasteiger partial charge in [-0.3, -0.25) is 0 Å². The van der Waals surface area contributed by atoms with Gasteiger partial charge in [-0.1, -0.05) is 58.0 Å². The molecule has 0 nitrogen and oxygen atoms in total. The van der Waals surface area contributed by atoms with Gasteiger partial charge in [0.15, 0.2) is 0 Å². The molecule has 0 aliphatic heterocycles. The predicted octanol–water partition coefficient (Wildman–Crippen LogP) is 5.90. The largest absolute Gasteiger partial charge is 0.0905 e. The zero-order valence-corrected chi connectivity index (χ0v) is 17.5. The van der Waals surface area contributed by atoms with Crippen molar-refractivity contribution in [2.45, 2.75) is 66.2 Å². The summed E-state index contributed by atoms with van der Waals surface area (Å²) in [6, 6.07) is 6.66. The van der Waals surface area contributed by atoms with E-state index in [2.05, 4.69) is 59.1 Å². The van der Waals surface area contributed by atoms with Crippen LogP contribution in [0.2, 0.25) is 0 Å². The van der Waals surface area contributed by atoms with Gasteiger partial charge < -0.3 is 0 Å². The Bertz CT molecular complexity index is 1150. The summed E-state index contributed by atoms with van der Waals surface area (Å²) in [7, 11) is 0. The van der Waals surface area contributed by atoms with E-state index < -0.39 is 0 Å². The predicted molar refractivity (Wildman–Crippen MR) is 121 cm³/mol. The quantitative estimate of drug-likeness (QED) is 0.513. The highest BCUT2D eigenvalue weighted by Crippen LogP contribution is 2.36. The number of fused-ring (bicyclic) bond motifs is 3. The summed E-state index contributed by atoms with van der Waals surface area (Å²) >= 11 is 0. The third kappa shape index (κ3) is 2.64. The van der Waals surface area contributed by atoms with E-state index in [0.29, 0.717) is 0 Å². The first-order chi connectivity index (χ1) is 13.0. The Hall–Kier alpha value is -2.08. The fourth-order valence-electron chi connectivity index (χ4n) is 5.65. The molecule has 0 saturated heterocycles. The summed E-state index contributed by atoms with van der Waals surface area (Å²) in [5.74, 6) is 0.845. The van der Waals surface area contributed by atoms with E-state index in [1.54, 1.807) is 11.1 Å². The van der Waals surface area contributed by atoms with Gasteiger partial charge in [-0.2, -0.15) is 0 Å². The van der Waals surface area contributed by atoms with E-state index in [-0.39, 0.29) is 0 Å². The van der Waals surface area contributed by atoms with Gasteiger partial charge in [0.25, 0.3) is 0 Å². The van der Waals surface area contributed by atoms with Crippen molar-refractivity contribution in [2.24, 2.45) is 5.92 Å². The Morgan fingerprint density at radius 2 is 1.63 bits per heavy atom. The van der Waals surface area contributed by atoms with Crippen molar-refractivity contribution >= 4 is 34.7 Å². The van der Waals surface area contributed by atoms with E-state index in [0.717, 1.165) is 12.3 Å². The SMILES string of the molecule is C=c1c2cccc(CC)c2c(=C)c2c(C)c3c(c(C)c12)CC(CCC)CC3. The van der Waals surface area contributed by atoms with Crippen molar-refractivity contribution < 1.29 is 0 Å². The second kappa shape index (κ2) is 6.82. The van der Waals surface area contributed by atoms with Crippen LogP contribution in [0.25, 0.3) is 34.7 Å². The minimum atomic E-state index is 0.845. The molecule has 140 valence electrons. The zero-order chi connectivity index (χ0) is 19.3. The molecule has 0 radical (unpaired) electrons. The minimum absolute atomic E-state index is 0.845. The first-order valence-corrected chi connectivity index (χ1v) is 10.7. The highest BCUT2D eigenvalue weighted by Gasteiger charge is 2.24. The van der Waals surface area contributed by atoms with Crippen molar-refractivity contribution in [1.29, 1.82) is 0 Å². The van der Waals surface area contributed by atoms with Crippen molar-refractivity contribution in [3.8, 4) is 0 Å². The van der Waals surface area contributed by atoms with E-state index in [9.17, 15) is 0 Å². The van der Waals surface area contributed by atoms with Gasteiger partial charge in [0, 0.05) is 0 Å². The lowest BCUT2D eigenvalue weighted by molar-refractivity contribution is 0.421. The number of rotatable bonds is 3. The Balaban J connectivity index is 2.15. The van der Waals surface area contributed by atoms with Crippen LogP contribution in [0.3, 0.4) is 0 Å². The highest BCUT2D eigenvalue weighted by atomic mass is 14.3. The van der Waals surface area contributed by atoms with Crippen LogP contribution in [0, 0.1) is 19.8 Å². The summed E-state index contributed by atoms with van der Waals surface area (Å²) in [4.78, 5) is 0. The number of benzene rings is 3. The van der Waals surface area contributed by atoms with Crippen molar-refractivity contribution in [3.63, 3.8) is 0 Å². The lowest BCUT2D eigenvalue weighted by Gasteiger charge is -2.29. The lowest BCUT2D eigenvalue weighted by atomic mass is 9.75. The topological polar surface area (TPSA) is 0 Å². The number of hydrogen-bond acceptors (Lipinski definition) is 0. The van der Waals surface area contributed by atoms with Gasteiger partial charge in [-0.25, -0.2) is 0 Å². The monoisotopic (exact) mass is 356 g/mol. The summed E-state index contributed by atoms with van der Waals surface area (Å²) < 4.78 is 0. The van der Waals surface area contributed by atoms with Crippen LogP contribution in [0.4, 0.5) is 0 Å². The van der Waals surface area contributed by atoms with E-state index in [1.165, 1.54) is 80.8 Å². The molecule has 0 spiro atoms.